The van der Waals surface area contributed by atoms with Crippen LogP contribution in [0, 0.1) is 0 Å². The van der Waals surface area contributed by atoms with Crippen molar-refractivity contribution in [1.82, 2.24) is 9.78 Å². The van der Waals surface area contributed by atoms with Gasteiger partial charge in [0.1, 0.15) is 5.75 Å². The number of ether oxygens (including phenoxy) is 1. The molecule has 0 amide bonds. The van der Waals surface area contributed by atoms with Crippen LogP contribution in [0.25, 0.3) is 17.3 Å². The summed E-state index contributed by atoms with van der Waals surface area (Å²) in [5, 5.41) is 12.9. The van der Waals surface area contributed by atoms with Crippen LogP contribution in [0.15, 0.2) is 41.2 Å². The molecule has 6 heteroatoms. The number of carboxylic acids is 1. The molecule has 1 aromatic heterocycles. The summed E-state index contributed by atoms with van der Waals surface area (Å²) in [6, 6.07) is 8.80. The van der Waals surface area contributed by atoms with Crippen LogP contribution in [0.1, 0.15) is 5.56 Å². The summed E-state index contributed by atoms with van der Waals surface area (Å²) in [7, 11) is 3.06. The van der Waals surface area contributed by atoms with Crippen molar-refractivity contribution in [3.8, 4) is 17.0 Å². The van der Waals surface area contributed by atoms with Crippen molar-refractivity contribution >= 4 is 12.0 Å². The van der Waals surface area contributed by atoms with E-state index < -0.39 is 5.97 Å². The molecule has 0 atom stereocenters. The number of rotatable bonds is 4. The minimum atomic E-state index is -1.12. The Kier molecular flexibility index (Phi) is 4.18. The van der Waals surface area contributed by atoms with Crippen LogP contribution in [0.2, 0.25) is 0 Å². The summed E-state index contributed by atoms with van der Waals surface area (Å²) in [5.41, 5.74) is 1.13. The first-order chi connectivity index (χ1) is 10.0. The average molecular weight is 286 g/mol. The highest BCUT2D eigenvalue weighted by Gasteiger charge is 2.10. The third-order valence-corrected chi connectivity index (χ3v) is 2.88. The molecule has 0 aliphatic rings. The van der Waals surface area contributed by atoms with Gasteiger partial charge in [0.2, 0.25) is 0 Å². The highest BCUT2D eigenvalue weighted by Crippen LogP contribution is 2.27. The van der Waals surface area contributed by atoms with Crippen LogP contribution >= 0.6 is 0 Å². The van der Waals surface area contributed by atoms with Crippen molar-refractivity contribution in [2.45, 2.75) is 0 Å². The monoisotopic (exact) mass is 286 g/mol. The molecule has 1 heterocycles. The number of methoxy groups -OCH3 is 1. The molecule has 0 unspecified atom stereocenters. The molecule has 0 aliphatic heterocycles. The Bertz CT molecular complexity index is 763. The van der Waals surface area contributed by atoms with Gasteiger partial charge in [-0.1, -0.05) is 12.1 Å². The molecule has 2 aromatic rings. The molecular weight excluding hydrogens is 272 g/mol. The van der Waals surface area contributed by atoms with Gasteiger partial charge >= 0.3 is 5.97 Å². The van der Waals surface area contributed by atoms with E-state index in [2.05, 4.69) is 5.10 Å². The van der Waals surface area contributed by atoms with Crippen LogP contribution < -0.4 is 10.3 Å². The summed E-state index contributed by atoms with van der Waals surface area (Å²) in [5.74, 6) is -0.496. The Labute approximate surface area is 120 Å². The number of aryl methyl sites for hydroxylation is 1. The number of hydrogen-bond acceptors (Lipinski definition) is 4. The van der Waals surface area contributed by atoms with Gasteiger partial charge in [0.15, 0.2) is 0 Å². The van der Waals surface area contributed by atoms with E-state index in [4.69, 9.17) is 9.84 Å². The van der Waals surface area contributed by atoms with Crippen LogP contribution in [0.4, 0.5) is 0 Å². The van der Waals surface area contributed by atoms with Gasteiger partial charge in [-0.05, 0) is 24.3 Å². The van der Waals surface area contributed by atoms with Gasteiger partial charge in [-0.15, -0.1) is 0 Å². The van der Waals surface area contributed by atoms with E-state index in [0.717, 1.165) is 11.6 Å². The Morgan fingerprint density at radius 1 is 1.38 bits per heavy atom. The van der Waals surface area contributed by atoms with Gasteiger partial charge in [-0.25, -0.2) is 9.48 Å². The van der Waals surface area contributed by atoms with Gasteiger partial charge < -0.3 is 9.84 Å². The first-order valence-electron chi connectivity index (χ1n) is 6.15. The molecule has 0 aliphatic carbocycles. The quantitative estimate of drug-likeness (QED) is 0.862. The maximum absolute atomic E-state index is 11.9. The van der Waals surface area contributed by atoms with Crippen LogP contribution in [-0.2, 0) is 11.8 Å². The lowest BCUT2D eigenvalue weighted by atomic mass is 10.1. The van der Waals surface area contributed by atoms with Gasteiger partial charge in [0.05, 0.1) is 12.8 Å². The van der Waals surface area contributed by atoms with E-state index in [1.807, 2.05) is 18.2 Å². The fourth-order valence-corrected chi connectivity index (χ4v) is 1.90. The summed E-state index contributed by atoms with van der Waals surface area (Å²) >= 11 is 0. The molecule has 0 bridgehead atoms. The lowest BCUT2D eigenvalue weighted by Crippen LogP contribution is -2.22. The normalized spacial score (nSPS) is 10.8. The van der Waals surface area contributed by atoms with E-state index in [9.17, 15) is 9.59 Å². The SMILES string of the molecule is COc1ccccc1-c1cc(/C=C/C(=O)O)c(=O)n(C)n1. The van der Waals surface area contributed by atoms with Crippen molar-refractivity contribution < 1.29 is 14.6 Å². The second-order valence-electron chi connectivity index (χ2n) is 4.29. The second kappa shape index (κ2) is 6.04. The Morgan fingerprint density at radius 2 is 2.10 bits per heavy atom. The number of benzene rings is 1. The Balaban J connectivity index is 2.61. The zero-order valence-corrected chi connectivity index (χ0v) is 11.6. The molecule has 21 heavy (non-hydrogen) atoms. The molecule has 1 aromatic carbocycles. The predicted molar refractivity (Wildman–Crippen MR) is 78.1 cm³/mol. The summed E-state index contributed by atoms with van der Waals surface area (Å²) in [6.07, 6.45) is 2.17. The molecule has 108 valence electrons. The number of aliphatic carboxylic acids is 1. The number of carbonyl (C=O) groups is 1. The number of hydrogen-bond donors (Lipinski definition) is 1. The number of para-hydroxylation sites is 1. The van der Waals surface area contributed by atoms with Gasteiger partial charge in [-0.2, -0.15) is 5.10 Å². The highest BCUT2D eigenvalue weighted by molar-refractivity contribution is 5.85. The fourth-order valence-electron chi connectivity index (χ4n) is 1.90. The molecule has 1 N–H and O–H groups in total. The second-order valence-corrected chi connectivity index (χ2v) is 4.29. The molecule has 2 rings (SSSR count). The molecule has 6 nitrogen and oxygen atoms in total. The van der Waals surface area contributed by atoms with Crippen molar-refractivity contribution in [3.05, 3.63) is 52.3 Å². The van der Waals surface area contributed by atoms with Crippen molar-refractivity contribution in [1.29, 1.82) is 0 Å². The number of nitrogens with zero attached hydrogens (tertiary/aromatic N) is 2. The summed E-state index contributed by atoms with van der Waals surface area (Å²) < 4.78 is 6.44. The van der Waals surface area contributed by atoms with Crippen LogP contribution in [0.5, 0.6) is 5.75 Å². The van der Waals surface area contributed by atoms with E-state index in [1.54, 1.807) is 19.2 Å². The van der Waals surface area contributed by atoms with E-state index in [1.165, 1.54) is 17.8 Å². The van der Waals surface area contributed by atoms with Crippen molar-refractivity contribution in [3.63, 3.8) is 0 Å². The van der Waals surface area contributed by atoms with Gasteiger partial charge in [0, 0.05) is 24.3 Å². The fraction of sp³-hybridized carbons (Fsp3) is 0.133. The van der Waals surface area contributed by atoms with E-state index >= 15 is 0 Å². The van der Waals surface area contributed by atoms with Crippen LogP contribution in [0.3, 0.4) is 0 Å². The Morgan fingerprint density at radius 3 is 2.76 bits per heavy atom. The largest absolute Gasteiger partial charge is 0.496 e. The topological polar surface area (TPSA) is 81.4 Å². The minimum absolute atomic E-state index is 0.246. The third-order valence-electron chi connectivity index (χ3n) is 2.88. The van der Waals surface area contributed by atoms with Crippen molar-refractivity contribution in [2.75, 3.05) is 7.11 Å². The van der Waals surface area contributed by atoms with Crippen molar-refractivity contribution in [2.24, 2.45) is 7.05 Å². The van der Waals surface area contributed by atoms with Crippen LogP contribution in [-0.4, -0.2) is 28.0 Å². The maximum Gasteiger partial charge on any atom is 0.328 e. The predicted octanol–water partition coefficient (Wildman–Crippen LogP) is 1.55. The Hall–Kier alpha value is -2.89. The standard InChI is InChI=1S/C15H14N2O4/c1-17-15(20)10(7-8-14(18)19)9-12(16-17)11-5-3-4-6-13(11)21-2/h3-9H,1-2H3,(H,18,19)/b8-7+. The maximum atomic E-state index is 11.9. The lowest BCUT2D eigenvalue weighted by molar-refractivity contribution is -0.131. The molecule has 0 fully saturated rings. The smallest absolute Gasteiger partial charge is 0.328 e. The molecule has 0 saturated carbocycles. The molecule has 0 radical (unpaired) electrons. The highest BCUT2D eigenvalue weighted by atomic mass is 16.5. The lowest BCUT2D eigenvalue weighted by Gasteiger charge is -2.09. The van der Waals surface area contributed by atoms with E-state index in [0.29, 0.717) is 11.4 Å². The zero-order chi connectivity index (χ0) is 15.4. The summed E-state index contributed by atoms with van der Waals surface area (Å²) in [4.78, 5) is 22.5. The van der Waals surface area contributed by atoms with E-state index in [-0.39, 0.29) is 11.1 Å². The zero-order valence-electron chi connectivity index (χ0n) is 11.6. The average Bonchev–Trinajstić information content (AvgIpc) is 2.48. The molecular formula is C15H14N2O4. The number of aromatic nitrogens is 2. The van der Waals surface area contributed by atoms with Gasteiger partial charge in [0.25, 0.3) is 5.56 Å². The first-order valence-corrected chi connectivity index (χ1v) is 6.15. The van der Waals surface area contributed by atoms with Gasteiger partial charge in [-0.3, -0.25) is 4.79 Å². The molecule has 0 spiro atoms. The molecule has 0 saturated heterocycles. The summed E-state index contributed by atoms with van der Waals surface area (Å²) in [6.45, 7) is 0. The first kappa shape index (κ1) is 14.5. The third kappa shape index (κ3) is 3.17. The number of carboxylic acid groups (broad SMARTS) is 1. The minimum Gasteiger partial charge on any atom is -0.496 e.